The maximum Gasteiger partial charge on any atom is 0.113 e. The van der Waals surface area contributed by atoms with Gasteiger partial charge >= 0.3 is 0 Å². The highest BCUT2D eigenvalue weighted by Gasteiger charge is 2.65. The summed E-state index contributed by atoms with van der Waals surface area (Å²) in [6, 6.07) is 0. The Morgan fingerprint density at radius 3 is 1.88 bits per heavy atom. The minimum atomic E-state index is -1.24. The molecule has 0 amide bonds. The summed E-state index contributed by atoms with van der Waals surface area (Å²) < 4.78 is 20.1. The highest BCUT2D eigenvalue weighted by molar-refractivity contribution is 6.69. The molecule has 5 unspecified atom stereocenters. The van der Waals surface area contributed by atoms with Crippen LogP contribution < -0.4 is 0 Å². The average molecular weight is 397 g/mol. The first-order valence-electron chi connectivity index (χ1n) is 11.5. The maximum atomic E-state index is 6.86. The molecular weight excluding hydrogens is 356 g/mol. The Bertz CT molecular complexity index is 466. The predicted octanol–water partition coefficient (Wildman–Crippen LogP) is 4.17. The van der Waals surface area contributed by atoms with Crippen LogP contribution in [0.2, 0.25) is 19.6 Å². The van der Waals surface area contributed by atoms with E-state index in [0.717, 1.165) is 19.1 Å². The molecule has 4 aliphatic rings. The van der Waals surface area contributed by atoms with Crippen molar-refractivity contribution in [3.63, 3.8) is 0 Å². The van der Waals surface area contributed by atoms with Gasteiger partial charge in [0.05, 0.1) is 31.1 Å². The van der Waals surface area contributed by atoms with Gasteiger partial charge in [0, 0.05) is 13.2 Å². The Labute approximate surface area is 163 Å². The van der Waals surface area contributed by atoms with Crippen LogP contribution in [0.3, 0.4) is 0 Å². The molecule has 3 saturated heterocycles. The van der Waals surface area contributed by atoms with Crippen molar-refractivity contribution in [1.29, 1.82) is 0 Å². The van der Waals surface area contributed by atoms with E-state index in [1.165, 1.54) is 70.6 Å². The van der Waals surface area contributed by atoms with Crippen molar-refractivity contribution in [3.05, 3.63) is 0 Å². The molecule has 4 rings (SSSR count). The highest BCUT2D eigenvalue weighted by atomic mass is 28.3. The van der Waals surface area contributed by atoms with E-state index in [2.05, 4.69) is 19.6 Å². The molecule has 0 spiro atoms. The molecule has 5 heteroatoms. The summed E-state index contributed by atoms with van der Waals surface area (Å²) >= 11 is 0. The summed E-state index contributed by atoms with van der Waals surface area (Å²) in [4.78, 5) is 0. The van der Waals surface area contributed by atoms with Gasteiger partial charge in [-0.1, -0.05) is 38.9 Å². The number of hydrogen-bond acceptors (Lipinski definition) is 3. The summed E-state index contributed by atoms with van der Waals surface area (Å²) in [7, 11) is -2.26. The molecule has 0 N–H and O–H groups in total. The molecule has 0 aromatic heterocycles. The molecule has 0 bridgehead atoms. The van der Waals surface area contributed by atoms with Crippen LogP contribution in [0.1, 0.15) is 70.6 Å². The Kier molecular flexibility index (Phi) is 6.02. The van der Waals surface area contributed by atoms with Crippen molar-refractivity contribution in [1.82, 2.24) is 0 Å². The van der Waals surface area contributed by atoms with Crippen LogP contribution in [0.25, 0.3) is 0 Å². The minimum absolute atomic E-state index is 0.0418. The van der Waals surface area contributed by atoms with Crippen molar-refractivity contribution >= 4 is 17.6 Å². The molecule has 5 atom stereocenters. The molecule has 26 heavy (non-hydrogen) atoms. The zero-order chi connectivity index (χ0) is 18.2. The Hall–Kier alpha value is 0.314. The van der Waals surface area contributed by atoms with Crippen LogP contribution in [0.5, 0.6) is 0 Å². The molecule has 3 nitrogen and oxygen atoms in total. The first-order chi connectivity index (χ1) is 12.6. The van der Waals surface area contributed by atoms with E-state index in [-0.39, 0.29) is 10.4 Å². The van der Waals surface area contributed by atoms with Crippen molar-refractivity contribution in [3.8, 4) is 0 Å². The fourth-order valence-corrected chi connectivity index (χ4v) is 14.7. The van der Waals surface area contributed by atoms with E-state index in [1.807, 2.05) is 0 Å². The largest absolute Gasteiger partial charge is 0.376 e. The third-order valence-corrected chi connectivity index (χ3v) is 15.2. The lowest BCUT2D eigenvalue weighted by Crippen LogP contribution is -2.73. The Morgan fingerprint density at radius 2 is 1.35 bits per heavy atom. The summed E-state index contributed by atoms with van der Waals surface area (Å²) in [5.41, 5.74) is 0.548. The summed E-state index contributed by atoms with van der Waals surface area (Å²) in [5.74, 6) is 0.837. The fourth-order valence-electron chi connectivity index (χ4n) is 6.63. The van der Waals surface area contributed by atoms with E-state index in [9.17, 15) is 0 Å². The topological polar surface area (TPSA) is 31.0 Å². The van der Waals surface area contributed by atoms with Gasteiger partial charge in [-0.15, -0.1) is 0 Å². The Morgan fingerprint density at radius 1 is 0.731 bits per heavy atom. The molecule has 0 aromatic rings. The van der Waals surface area contributed by atoms with Crippen LogP contribution in [0.15, 0.2) is 0 Å². The van der Waals surface area contributed by atoms with E-state index in [4.69, 9.17) is 14.2 Å². The summed E-state index contributed by atoms with van der Waals surface area (Å²) in [5, 5.41) is 0.112. The van der Waals surface area contributed by atoms with Crippen LogP contribution in [-0.4, -0.2) is 53.1 Å². The first-order valence-corrected chi connectivity index (χ1v) is 16.8. The quantitative estimate of drug-likeness (QED) is 0.516. The second-order valence-corrected chi connectivity index (χ2v) is 16.2. The minimum Gasteiger partial charge on any atom is -0.376 e. The smallest absolute Gasteiger partial charge is 0.113 e. The van der Waals surface area contributed by atoms with Gasteiger partial charge in [0.2, 0.25) is 0 Å². The second kappa shape index (κ2) is 7.98. The highest BCUT2D eigenvalue weighted by Crippen LogP contribution is 2.50. The van der Waals surface area contributed by atoms with E-state index >= 15 is 0 Å². The van der Waals surface area contributed by atoms with Gasteiger partial charge in [0.1, 0.15) is 8.80 Å². The summed E-state index contributed by atoms with van der Waals surface area (Å²) in [6.07, 6.45) is 15.2. The van der Waals surface area contributed by atoms with E-state index in [0.29, 0.717) is 11.8 Å². The monoisotopic (exact) mass is 396 g/mol. The van der Waals surface area contributed by atoms with Gasteiger partial charge in [-0.25, -0.2) is 0 Å². The molecule has 150 valence electrons. The molecule has 1 aliphatic carbocycles. The van der Waals surface area contributed by atoms with Gasteiger partial charge in [0.15, 0.2) is 0 Å². The van der Waals surface area contributed by atoms with Gasteiger partial charge in [-0.2, -0.15) is 0 Å². The van der Waals surface area contributed by atoms with Crippen LogP contribution >= 0.6 is 0 Å². The number of epoxide rings is 1. The molecule has 3 aliphatic heterocycles. The molecule has 3 heterocycles. The van der Waals surface area contributed by atoms with Crippen LogP contribution in [0, 0.1) is 5.92 Å². The lowest BCUT2D eigenvalue weighted by molar-refractivity contribution is -0.165. The molecule has 0 aromatic carbocycles. The number of rotatable bonds is 5. The zero-order valence-electron chi connectivity index (χ0n) is 17.3. The molecule has 0 radical (unpaired) electrons. The number of ether oxygens (including phenoxy) is 3. The average Bonchev–Trinajstić information content (AvgIpc) is 3.50. The lowest BCUT2D eigenvalue weighted by Gasteiger charge is -2.57. The summed E-state index contributed by atoms with van der Waals surface area (Å²) in [6.45, 7) is 9.51. The van der Waals surface area contributed by atoms with Crippen molar-refractivity contribution in [2.24, 2.45) is 5.92 Å². The number of hydrogen-bond donors (Lipinski definition) is 0. The van der Waals surface area contributed by atoms with Crippen molar-refractivity contribution < 1.29 is 14.2 Å². The SMILES string of the molecule is C[SiH](C)C1(C2([SiH](C)C3OC3C3CCCCC3)CCCCO2)CCCCO1. The van der Waals surface area contributed by atoms with Crippen LogP contribution in [0.4, 0.5) is 0 Å². The molecule has 4 fully saturated rings. The van der Waals surface area contributed by atoms with Gasteiger partial charge in [-0.3, -0.25) is 0 Å². The third kappa shape index (κ3) is 3.30. The van der Waals surface area contributed by atoms with E-state index in [1.54, 1.807) is 0 Å². The van der Waals surface area contributed by atoms with Gasteiger partial charge in [0.25, 0.3) is 0 Å². The molecule has 1 saturated carbocycles. The van der Waals surface area contributed by atoms with Crippen LogP contribution in [-0.2, 0) is 14.2 Å². The van der Waals surface area contributed by atoms with E-state index < -0.39 is 17.6 Å². The van der Waals surface area contributed by atoms with Crippen molar-refractivity contribution in [2.75, 3.05) is 13.2 Å². The second-order valence-electron chi connectivity index (χ2n) is 9.80. The normalized spacial score (nSPS) is 43.4. The standard InChI is InChI=1S/C21H40O3Si2/c1-25(2)20(13-7-9-15-22-20)21(14-8-10-16-23-21)26(3)19-18(24-19)17-11-5-4-6-12-17/h17-19,25-26H,4-16H2,1-3H3. The van der Waals surface area contributed by atoms with Crippen molar-refractivity contribution in [2.45, 2.75) is 113 Å². The Balaban J connectivity index is 1.57. The maximum absolute atomic E-state index is 6.86. The third-order valence-electron chi connectivity index (χ3n) is 8.16. The van der Waals surface area contributed by atoms with Gasteiger partial charge < -0.3 is 14.2 Å². The first kappa shape index (κ1) is 19.6. The predicted molar refractivity (Wildman–Crippen MR) is 112 cm³/mol. The lowest BCUT2D eigenvalue weighted by atomic mass is 9.87. The van der Waals surface area contributed by atoms with Gasteiger partial charge in [-0.05, 0) is 57.3 Å². The molecular formula is C21H40O3Si2. The zero-order valence-corrected chi connectivity index (χ0v) is 19.6. The fraction of sp³-hybridized carbons (Fsp3) is 1.00.